The minimum atomic E-state index is -1.03. The third-order valence-corrected chi connectivity index (χ3v) is 3.97. The summed E-state index contributed by atoms with van der Waals surface area (Å²) in [6.45, 7) is 8.25. The predicted octanol–water partition coefficient (Wildman–Crippen LogP) is 3.08. The van der Waals surface area contributed by atoms with Crippen molar-refractivity contribution in [1.29, 1.82) is 0 Å². The molecule has 5 heteroatoms. The van der Waals surface area contributed by atoms with E-state index in [9.17, 15) is 9.90 Å². The van der Waals surface area contributed by atoms with Crippen LogP contribution >= 0.6 is 11.3 Å². The first kappa shape index (κ1) is 17.0. The number of aliphatic hydroxyl groups is 1. The highest BCUT2D eigenvalue weighted by Crippen LogP contribution is 2.21. The molecule has 3 N–H and O–H groups in total. The van der Waals surface area contributed by atoms with Crippen LogP contribution in [0.4, 0.5) is 4.79 Å². The number of urea groups is 1. The van der Waals surface area contributed by atoms with Crippen LogP contribution in [0.3, 0.4) is 0 Å². The summed E-state index contributed by atoms with van der Waals surface area (Å²) in [5, 5.41) is 19.7. The van der Waals surface area contributed by atoms with Gasteiger partial charge in [-0.05, 0) is 55.0 Å². The summed E-state index contributed by atoms with van der Waals surface area (Å²) in [4.78, 5) is 11.8. The lowest BCUT2D eigenvalue weighted by Crippen LogP contribution is -2.46. The van der Waals surface area contributed by atoms with E-state index in [1.807, 2.05) is 23.8 Å². The van der Waals surface area contributed by atoms with Gasteiger partial charge in [-0.3, -0.25) is 0 Å². The molecule has 0 saturated carbocycles. The predicted molar refractivity (Wildman–Crippen MR) is 84.0 cm³/mol. The van der Waals surface area contributed by atoms with Gasteiger partial charge >= 0.3 is 6.03 Å². The maximum atomic E-state index is 11.8. The molecular formula is C15H26N2O2S. The first-order valence-corrected chi connectivity index (χ1v) is 8.05. The quantitative estimate of drug-likeness (QED) is 0.724. The van der Waals surface area contributed by atoms with Gasteiger partial charge in [0, 0.05) is 6.04 Å². The topological polar surface area (TPSA) is 61.4 Å². The van der Waals surface area contributed by atoms with Gasteiger partial charge in [0.1, 0.15) is 5.60 Å². The summed E-state index contributed by atoms with van der Waals surface area (Å²) in [7, 11) is 0. The lowest BCUT2D eigenvalue weighted by molar-refractivity contribution is 0.0597. The van der Waals surface area contributed by atoms with Crippen LogP contribution in [-0.2, 0) is 5.60 Å². The maximum Gasteiger partial charge on any atom is 0.315 e. The van der Waals surface area contributed by atoms with E-state index >= 15 is 0 Å². The van der Waals surface area contributed by atoms with E-state index in [1.54, 1.807) is 6.92 Å². The lowest BCUT2D eigenvalue weighted by atomic mass is 9.99. The molecule has 0 fully saturated rings. The molecule has 0 aliphatic rings. The molecule has 0 radical (unpaired) electrons. The van der Waals surface area contributed by atoms with Crippen molar-refractivity contribution in [2.45, 2.75) is 52.2 Å². The van der Waals surface area contributed by atoms with Crippen molar-refractivity contribution < 1.29 is 9.90 Å². The fourth-order valence-electron chi connectivity index (χ4n) is 1.86. The van der Waals surface area contributed by atoms with E-state index in [4.69, 9.17) is 0 Å². The average molecular weight is 298 g/mol. The molecule has 1 heterocycles. The zero-order valence-corrected chi connectivity index (χ0v) is 13.6. The number of rotatable bonds is 7. The number of hydrogen-bond donors (Lipinski definition) is 3. The van der Waals surface area contributed by atoms with E-state index in [0.717, 1.165) is 18.4 Å². The summed E-state index contributed by atoms with van der Waals surface area (Å²) < 4.78 is 0. The van der Waals surface area contributed by atoms with Crippen LogP contribution in [0.2, 0.25) is 0 Å². The molecule has 0 saturated heterocycles. The molecule has 20 heavy (non-hydrogen) atoms. The van der Waals surface area contributed by atoms with Crippen LogP contribution < -0.4 is 10.6 Å². The largest absolute Gasteiger partial charge is 0.384 e. The highest BCUT2D eigenvalue weighted by molar-refractivity contribution is 7.08. The monoisotopic (exact) mass is 298 g/mol. The Morgan fingerprint density at radius 3 is 2.65 bits per heavy atom. The van der Waals surface area contributed by atoms with Gasteiger partial charge in [0.05, 0.1) is 6.54 Å². The average Bonchev–Trinajstić information content (AvgIpc) is 2.88. The Hall–Kier alpha value is -1.07. The van der Waals surface area contributed by atoms with Crippen molar-refractivity contribution in [3.63, 3.8) is 0 Å². The van der Waals surface area contributed by atoms with Crippen molar-refractivity contribution in [2.24, 2.45) is 5.92 Å². The highest BCUT2D eigenvalue weighted by Gasteiger charge is 2.24. The molecule has 2 unspecified atom stereocenters. The Kier molecular flexibility index (Phi) is 6.49. The molecule has 0 aliphatic heterocycles. The first-order chi connectivity index (χ1) is 9.31. The maximum absolute atomic E-state index is 11.8. The molecule has 2 amide bonds. The normalized spacial score (nSPS) is 15.7. The van der Waals surface area contributed by atoms with Crippen LogP contribution in [0.25, 0.3) is 0 Å². The van der Waals surface area contributed by atoms with Gasteiger partial charge in [0.2, 0.25) is 0 Å². The van der Waals surface area contributed by atoms with Gasteiger partial charge in [-0.2, -0.15) is 11.3 Å². The second-order valence-electron chi connectivity index (χ2n) is 5.99. The Morgan fingerprint density at radius 1 is 1.40 bits per heavy atom. The smallest absolute Gasteiger partial charge is 0.315 e. The molecule has 0 bridgehead atoms. The standard InChI is InChI=1S/C15H26N2O2S/c1-11(2)5-6-12(3)17-14(18)16-10-15(4,19)13-7-8-20-9-13/h7-9,11-12,19H,5-6,10H2,1-4H3,(H2,16,17,18). The zero-order valence-electron chi connectivity index (χ0n) is 12.8. The van der Waals surface area contributed by atoms with Gasteiger partial charge in [-0.1, -0.05) is 13.8 Å². The molecule has 0 aliphatic carbocycles. The third-order valence-electron chi connectivity index (χ3n) is 3.29. The number of hydrogen-bond acceptors (Lipinski definition) is 3. The zero-order chi connectivity index (χ0) is 15.2. The van der Waals surface area contributed by atoms with Gasteiger partial charge in [-0.15, -0.1) is 0 Å². The summed E-state index contributed by atoms with van der Waals surface area (Å²) in [6, 6.07) is 1.79. The number of carbonyl (C=O) groups is 1. The van der Waals surface area contributed by atoms with Crippen molar-refractivity contribution in [3.05, 3.63) is 22.4 Å². The summed E-state index contributed by atoms with van der Waals surface area (Å²) in [5.74, 6) is 0.640. The lowest BCUT2D eigenvalue weighted by Gasteiger charge is -2.23. The Bertz CT molecular complexity index is 402. The fourth-order valence-corrected chi connectivity index (χ4v) is 2.64. The van der Waals surface area contributed by atoms with E-state index in [2.05, 4.69) is 24.5 Å². The molecule has 4 nitrogen and oxygen atoms in total. The minimum Gasteiger partial charge on any atom is -0.384 e. The van der Waals surface area contributed by atoms with Crippen molar-refractivity contribution in [1.82, 2.24) is 10.6 Å². The molecular weight excluding hydrogens is 272 g/mol. The highest BCUT2D eigenvalue weighted by atomic mass is 32.1. The van der Waals surface area contributed by atoms with E-state index in [0.29, 0.717) is 5.92 Å². The SMILES string of the molecule is CC(C)CCC(C)NC(=O)NCC(C)(O)c1ccsc1. The van der Waals surface area contributed by atoms with Gasteiger partial charge in [0.15, 0.2) is 0 Å². The molecule has 1 aromatic rings. The van der Waals surface area contributed by atoms with E-state index in [1.165, 1.54) is 11.3 Å². The Morgan fingerprint density at radius 2 is 2.10 bits per heavy atom. The van der Waals surface area contributed by atoms with Crippen molar-refractivity contribution >= 4 is 17.4 Å². The summed E-state index contributed by atoms with van der Waals surface area (Å²) >= 11 is 1.53. The molecule has 0 spiro atoms. The number of thiophene rings is 1. The second kappa shape index (κ2) is 7.64. The fraction of sp³-hybridized carbons (Fsp3) is 0.667. The second-order valence-corrected chi connectivity index (χ2v) is 6.77. The number of carbonyl (C=O) groups excluding carboxylic acids is 1. The summed E-state index contributed by atoms with van der Waals surface area (Å²) in [6.07, 6.45) is 2.06. The third kappa shape index (κ3) is 5.92. The van der Waals surface area contributed by atoms with E-state index in [-0.39, 0.29) is 18.6 Å². The summed E-state index contributed by atoms with van der Waals surface area (Å²) in [5.41, 5.74) is -0.200. The van der Waals surface area contributed by atoms with Crippen molar-refractivity contribution in [2.75, 3.05) is 6.54 Å². The van der Waals surface area contributed by atoms with Gasteiger partial charge < -0.3 is 15.7 Å². The van der Waals surface area contributed by atoms with Crippen LogP contribution in [0.15, 0.2) is 16.8 Å². The number of nitrogens with one attached hydrogen (secondary N) is 2. The van der Waals surface area contributed by atoms with Gasteiger partial charge in [0.25, 0.3) is 0 Å². The number of amides is 2. The molecule has 114 valence electrons. The molecule has 1 rings (SSSR count). The van der Waals surface area contributed by atoms with Crippen LogP contribution in [-0.4, -0.2) is 23.7 Å². The Balaban J connectivity index is 2.32. The minimum absolute atomic E-state index is 0.142. The first-order valence-electron chi connectivity index (χ1n) is 7.10. The van der Waals surface area contributed by atoms with Crippen molar-refractivity contribution in [3.8, 4) is 0 Å². The van der Waals surface area contributed by atoms with E-state index < -0.39 is 5.60 Å². The molecule has 0 aromatic carbocycles. The van der Waals surface area contributed by atoms with Crippen LogP contribution in [0, 0.1) is 5.92 Å². The van der Waals surface area contributed by atoms with Gasteiger partial charge in [-0.25, -0.2) is 4.79 Å². The van der Waals surface area contributed by atoms with Crippen LogP contribution in [0.1, 0.15) is 46.1 Å². The molecule has 2 atom stereocenters. The van der Waals surface area contributed by atoms with Crippen LogP contribution in [0.5, 0.6) is 0 Å². The Labute approximate surface area is 125 Å². The molecule has 1 aromatic heterocycles.